The van der Waals surface area contributed by atoms with Gasteiger partial charge < -0.3 is 10.2 Å². The van der Waals surface area contributed by atoms with E-state index in [9.17, 15) is 10.1 Å². The van der Waals surface area contributed by atoms with E-state index in [0.717, 1.165) is 11.4 Å². The van der Waals surface area contributed by atoms with Gasteiger partial charge in [0.15, 0.2) is 0 Å². The van der Waals surface area contributed by atoms with Gasteiger partial charge in [-0.1, -0.05) is 6.07 Å². The SMILES string of the molecule is CN(C)c1cccc(Nc2ccc([N+](=O)[O-])cc2C#N)c1. The number of nitro benzene ring substituents is 1. The third-order valence-corrected chi connectivity index (χ3v) is 2.98. The molecule has 0 atom stereocenters. The number of nitrogens with zero attached hydrogens (tertiary/aromatic N) is 3. The molecule has 6 nitrogen and oxygen atoms in total. The van der Waals surface area contributed by atoms with Gasteiger partial charge in [-0.25, -0.2) is 0 Å². The number of nitro groups is 1. The average Bonchev–Trinajstić information content (AvgIpc) is 2.47. The molecular formula is C15H14N4O2. The molecular weight excluding hydrogens is 268 g/mol. The van der Waals surface area contributed by atoms with E-state index in [1.54, 1.807) is 6.07 Å². The van der Waals surface area contributed by atoms with Gasteiger partial charge in [-0.3, -0.25) is 10.1 Å². The molecule has 6 heteroatoms. The molecule has 0 aromatic heterocycles. The van der Waals surface area contributed by atoms with Crippen molar-refractivity contribution < 1.29 is 4.92 Å². The number of hydrogen-bond acceptors (Lipinski definition) is 5. The van der Waals surface area contributed by atoms with Crippen molar-refractivity contribution in [1.82, 2.24) is 0 Å². The molecule has 21 heavy (non-hydrogen) atoms. The Morgan fingerprint density at radius 2 is 2.00 bits per heavy atom. The number of hydrogen-bond donors (Lipinski definition) is 1. The van der Waals surface area contributed by atoms with Crippen molar-refractivity contribution in [1.29, 1.82) is 5.26 Å². The molecule has 2 aromatic rings. The third kappa shape index (κ3) is 3.28. The van der Waals surface area contributed by atoms with Crippen molar-refractivity contribution in [3.8, 4) is 6.07 Å². The van der Waals surface area contributed by atoms with Gasteiger partial charge in [-0.2, -0.15) is 5.26 Å². The number of anilines is 3. The molecule has 0 amide bonds. The summed E-state index contributed by atoms with van der Waals surface area (Å²) in [6, 6.07) is 13.8. The van der Waals surface area contributed by atoms with Crippen LogP contribution in [0.4, 0.5) is 22.7 Å². The number of nitriles is 1. The van der Waals surface area contributed by atoms with Gasteiger partial charge in [-0.05, 0) is 24.3 Å². The highest BCUT2D eigenvalue weighted by Gasteiger charge is 2.11. The zero-order valence-corrected chi connectivity index (χ0v) is 11.7. The van der Waals surface area contributed by atoms with E-state index in [2.05, 4.69) is 5.32 Å². The quantitative estimate of drug-likeness (QED) is 0.687. The van der Waals surface area contributed by atoms with Gasteiger partial charge in [0.1, 0.15) is 6.07 Å². The van der Waals surface area contributed by atoms with Gasteiger partial charge in [0.25, 0.3) is 5.69 Å². The minimum absolute atomic E-state index is 0.0980. The summed E-state index contributed by atoms with van der Waals surface area (Å²) in [6.45, 7) is 0. The second-order valence-electron chi connectivity index (χ2n) is 4.67. The zero-order valence-electron chi connectivity index (χ0n) is 11.7. The summed E-state index contributed by atoms with van der Waals surface area (Å²) in [5.74, 6) is 0. The minimum Gasteiger partial charge on any atom is -0.378 e. The fourth-order valence-electron chi connectivity index (χ4n) is 1.86. The van der Waals surface area contributed by atoms with Crippen LogP contribution in [0.2, 0.25) is 0 Å². The molecule has 0 radical (unpaired) electrons. The lowest BCUT2D eigenvalue weighted by molar-refractivity contribution is -0.384. The summed E-state index contributed by atoms with van der Waals surface area (Å²) >= 11 is 0. The maximum atomic E-state index is 10.7. The van der Waals surface area contributed by atoms with E-state index in [4.69, 9.17) is 5.26 Å². The number of non-ortho nitro benzene ring substituents is 1. The molecule has 0 aliphatic carbocycles. The third-order valence-electron chi connectivity index (χ3n) is 2.98. The lowest BCUT2D eigenvalue weighted by Crippen LogP contribution is -2.08. The van der Waals surface area contributed by atoms with E-state index >= 15 is 0 Å². The highest BCUT2D eigenvalue weighted by Crippen LogP contribution is 2.26. The molecule has 2 aromatic carbocycles. The summed E-state index contributed by atoms with van der Waals surface area (Å²) in [6.07, 6.45) is 0. The highest BCUT2D eigenvalue weighted by atomic mass is 16.6. The molecule has 0 saturated heterocycles. The van der Waals surface area contributed by atoms with E-state index in [1.165, 1.54) is 12.1 Å². The Kier molecular flexibility index (Phi) is 4.05. The van der Waals surface area contributed by atoms with Crippen LogP contribution in [0.1, 0.15) is 5.56 Å². The van der Waals surface area contributed by atoms with Crippen molar-refractivity contribution in [3.05, 3.63) is 58.1 Å². The van der Waals surface area contributed by atoms with Crippen LogP contribution in [-0.4, -0.2) is 19.0 Å². The van der Waals surface area contributed by atoms with Crippen LogP contribution in [0.3, 0.4) is 0 Å². The number of benzene rings is 2. The Hall–Kier alpha value is -3.07. The predicted octanol–water partition coefficient (Wildman–Crippen LogP) is 3.28. The van der Waals surface area contributed by atoms with Gasteiger partial charge in [0, 0.05) is 37.6 Å². The maximum Gasteiger partial charge on any atom is 0.270 e. The van der Waals surface area contributed by atoms with Crippen molar-refractivity contribution in [2.45, 2.75) is 0 Å². The first-order chi connectivity index (χ1) is 10.0. The first kappa shape index (κ1) is 14.3. The van der Waals surface area contributed by atoms with Crippen LogP contribution in [0.5, 0.6) is 0 Å². The maximum absolute atomic E-state index is 10.7. The van der Waals surface area contributed by atoms with Gasteiger partial charge in [0.2, 0.25) is 0 Å². The van der Waals surface area contributed by atoms with Crippen molar-refractivity contribution in [2.24, 2.45) is 0 Å². The molecule has 0 heterocycles. The molecule has 0 fully saturated rings. The largest absolute Gasteiger partial charge is 0.378 e. The average molecular weight is 282 g/mol. The lowest BCUT2D eigenvalue weighted by atomic mass is 10.1. The minimum atomic E-state index is -0.517. The Morgan fingerprint density at radius 3 is 2.62 bits per heavy atom. The van der Waals surface area contributed by atoms with Gasteiger partial charge >= 0.3 is 0 Å². The first-order valence-electron chi connectivity index (χ1n) is 6.24. The fraction of sp³-hybridized carbons (Fsp3) is 0.133. The van der Waals surface area contributed by atoms with Crippen LogP contribution in [0.15, 0.2) is 42.5 Å². The molecule has 0 aliphatic rings. The van der Waals surface area contributed by atoms with Crippen molar-refractivity contribution in [3.63, 3.8) is 0 Å². The fourth-order valence-corrected chi connectivity index (χ4v) is 1.86. The Bertz CT molecular complexity index is 720. The van der Waals surface area contributed by atoms with Crippen LogP contribution in [-0.2, 0) is 0 Å². The molecule has 1 N–H and O–H groups in total. The van der Waals surface area contributed by atoms with E-state index < -0.39 is 4.92 Å². The first-order valence-corrected chi connectivity index (χ1v) is 6.24. The Balaban J connectivity index is 2.33. The zero-order chi connectivity index (χ0) is 15.4. The Morgan fingerprint density at radius 1 is 1.24 bits per heavy atom. The van der Waals surface area contributed by atoms with Crippen LogP contribution < -0.4 is 10.2 Å². The molecule has 106 valence electrons. The topological polar surface area (TPSA) is 82.2 Å². The molecule has 0 bridgehead atoms. The lowest BCUT2D eigenvalue weighted by Gasteiger charge is -2.14. The Labute approximate surface area is 122 Å². The molecule has 2 rings (SSSR count). The molecule has 0 saturated carbocycles. The summed E-state index contributed by atoms with van der Waals surface area (Å²) in [5.41, 5.74) is 2.50. The monoisotopic (exact) mass is 282 g/mol. The number of nitrogens with one attached hydrogen (secondary N) is 1. The van der Waals surface area contributed by atoms with Crippen LogP contribution in [0, 0.1) is 21.4 Å². The van der Waals surface area contributed by atoms with Gasteiger partial charge in [-0.15, -0.1) is 0 Å². The van der Waals surface area contributed by atoms with Gasteiger partial charge in [0.05, 0.1) is 16.2 Å². The van der Waals surface area contributed by atoms with Crippen molar-refractivity contribution in [2.75, 3.05) is 24.3 Å². The summed E-state index contributed by atoms with van der Waals surface area (Å²) in [5, 5.41) is 23.0. The second kappa shape index (κ2) is 5.92. The van der Waals surface area contributed by atoms with Crippen LogP contribution in [0.25, 0.3) is 0 Å². The highest BCUT2D eigenvalue weighted by molar-refractivity contribution is 5.70. The summed E-state index contributed by atoms with van der Waals surface area (Å²) < 4.78 is 0. The smallest absolute Gasteiger partial charge is 0.270 e. The number of rotatable bonds is 4. The van der Waals surface area contributed by atoms with Crippen molar-refractivity contribution >= 4 is 22.7 Å². The van der Waals surface area contributed by atoms with E-state index in [1.807, 2.05) is 49.3 Å². The molecule has 0 spiro atoms. The predicted molar refractivity (Wildman–Crippen MR) is 81.9 cm³/mol. The standard InChI is InChI=1S/C15H14N4O2/c1-18(2)13-5-3-4-12(9-13)17-15-7-6-14(19(20)21)8-11(15)10-16/h3-9,17H,1-2H3. The van der Waals surface area contributed by atoms with E-state index in [0.29, 0.717) is 5.69 Å². The van der Waals surface area contributed by atoms with E-state index in [-0.39, 0.29) is 11.3 Å². The summed E-state index contributed by atoms with van der Waals surface area (Å²) in [7, 11) is 3.87. The normalized spacial score (nSPS) is 9.76. The van der Waals surface area contributed by atoms with Crippen LogP contribution >= 0.6 is 0 Å². The second-order valence-corrected chi connectivity index (χ2v) is 4.67. The molecule has 0 aliphatic heterocycles. The molecule has 0 unspecified atom stereocenters. The summed E-state index contributed by atoms with van der Waals surface area (Å²) in [4.78, 5) is 12.2.